The lowest BCUT2D eigenvalue weighted by molar-refractivity contribution is -0.0443. The van der Waals surface area contributed by atoms with Gasteiger partial charge in [-0.05, 0) is 71.1 Å². The Labute approximate surface area is 346 Å². The van der Waals surface area contributed by atoms with Gasteiger partial charge in [-0.3, -0.25) is 9.36 Å². The smallest absolute Gasteiger partial charge is 0.408 e. The number of alkyl carbamates (subject to hydrolysis) is 2. The second-order valence-corrected chi connectivity index (χ2v) is 16.7. The summed E-state index contributed by atoms with van der Waals surface area (Å²) < 4.78 is 34.4. The van der Waals surface area contributed by atoms with Gasteiger partial charge in [0.05, 0.1) is 37.9 Å². The van der Waals surface area contributed by atoms with Crippen molar-refractivity contribution in [2.24, 2.45) is 0 Å². The van der Waals surface area contributed by atoms with Gasteiger partial charge in [0, 0.05) is 31.6 Å². The molecule has 4 unspecified atom stereocenters. The van der Waals surface area contributed by atoms with E-state index in [4.69, 9.17) is 28.5 Å². The molecule has 4 atom stereocenters. The fourth-order valence-corrected chi connectivity index (χ4v) is 8.59. The van der Waals surface area contributed by atoms with Gasteiger partial charge in [0.2, 0.25) is 0 Å². The summed E-state index contributed by atoms with van der Waals surface area (Å²) in [5, 5.41) is 14.8. The molecule has 0 spiro atoms. The van der Waals surface area contributed by atoms with E-state index in [9.17, 15) is 14.4 Å². The van der Waals surface area contributed by atoms with Gasteiger partial charge < -0.3 is 38.9 Å². The number of ether oxygens (including phenoxy) is 3. The van der Waals surface area contributed by atoms with Crippen LogP contribution in [-0.4, -0.2) is 87.0 Å². The van der Waals surface area contributed by atoms with E-state index in [2.05, 4.69) is 76.2 Å². The maximum absolute atomic E-state index is 12.8. The Hall–Kier alpha value is -4.91. The zero-order valence-electron chi connectivity index (χ0n) is 34.8. The summed E-state index contributed by atoms with van der Waals surface area (Å²) in [5.74, 6) is 0. The molecule has 16 nitrogen and oxygen atoms in total. The van der Waals surface area contributed by atoms with E-state index in [-0.39, 0.29) is 42.8 Å². The second kappa shape index (κ2) is 21.9. The van der Waals surface area contributed by atoms with Gasteiger partial charge in [0.1, 0.15) is 24.5 Å². The minimum absolute atomic E-state index is 0.0791. The Balaban J connectivity index is 1.05. The van der Waals surface area contributed by atoms with Crippen LogP contribution in [0.4, 0.5) is 9.59 Å². The van der Waals surface area contributed by atoms with Crippen LogP contribution in [0.25, 0.3) is 22.3 Å². The number of nitrogens with zero attached hydrogens (tertiary/aromatic N) is 5. The first kappa shape index (κ1) is 45.2. The molecule has 1 aliphatic heterocycles. The molecule has 4 aromatic rings. The lowest BCUT2D eigenvalue weighted by Gasteiger charge is -2.37. The van der Waals surface area contributed by atoms with E-state index in [1.54, 1.807) is 4.57 Å². The number of hydrogen-bond acceptors (Lipinski definition) is 12. The molecule has 0 aliphatic carbocycles. The highest BCUT2D eigenvalue weighted by Gasteiger charge is 2.42. The van der Waals surface area contributed by atoms with Crippen LogP contribution in [-0.2, 0) is 28.9 Å². The summed E-state index contributed by atoms with van der Waals surface area (Å²) in [6.45, 7) is 12.9. The molecule has 3 N–H and O–H groups in total. The number of benzene rings is 2. The molecule has 2 aromatic carbocycles. The van der Waals surface area contributed by atoms with Crippen molar-refractivity contribution in [2.75, 3.05) is 26.3 Å². The standard InChI is InChI=1S/C42H57N8O8P/c1-29(2)50(30(3)4)59(55-24-14-21-43)58-34-25-36(49-28-48-37-38(49)46-27-47-39(37)51)56-35(34)26-54-40(52)44-22-12-7-8-13-23-45-41(53)57-42(5,6)33-19-17-32(18-20-33)31-15-10-9-11-16-31/h9-11,15-20,27-30,34-36H,7-8,12-14,22-26H2,1-6H3,(H,44,52)(H,45,53)(H,46,47,51). The van der Waals surface area contributed by atoms with Gasteiger partial charge in [0.15, 0.2) is 11.2 Å². The van der Waals surface area contributed by atoms with Gasteiger partial charge >= 0.3 is 12.2 Å². The van der Waals surface area contributed by atoms with Crippen molar-refractivity contribution in [1.29, 1.82) is 5.26 Å². The molecular formula is C42H57N8O8P. The molecule has 318 valence electrons. The number of carbonyl (C=O) groups excluding carboxylic acids is 2. The van der Waals surface area contributed by atoms with Gasteiger partial charge in [-0.1, -0.05) is 67.4 Å². The lowest BCUT2D eigenvalue weighted by atomic mass is 9.95. The van der Waals surface area contributed by atoms with Gasteiger partial charge in [-0.25, -0.2) is 24.2 Å². The molecule has 0 radical (unpaired) electrons. The number of aromatic amines is 1. The number of imidazole rings is 1. The van der Waals surface area contributed by atoms with Crippen LogP contribution in [0.3, 0.4) is 0 Å². The van der Waals surface area contributed by atoms with Crippen LogP contribution in [0.2, 0.25) is 0 Å². The first-order valence-electron chi connectivity index (χ1n) is 20.2. The van der Waals surface area contributed by atoms with E-state index in [0.29, 0.717) is 25.2 Å². The summed E-state index contributed by atoms with van der Waals surface area (Å²) >= 11 is 0. The Morgan fingerprint density at radius 1 is 0.983 bits per heavy atom. The van der Waals surface area contributed by atoms with Crippen molar-refractivity contribution in [3.8, 4) is 17.2 Å². The largest absolute Gasteiger partial charge is 0.447 e. The third-order valence-electron chi connectivity index (χ3n) is 9.80. The molecule has 1 fully saturated rings. The summed E-state index contributed by atoms with van der Waals surface area (Å²) in [6.07, 6.45) is 3.63. The van der Waals surface area contributed by atoms with Gasteiger partial charge in [-0.15, -0.1) is 0 Å². The van der Waals surface area contributed by atoms with Crippen molar-refractivity contribution in [1.82, 2.24) is 34.8 Å². The molecule has 1 saturated heterocycles. The number of H-pyrrole nitrogens is 1. The molecule has 0 bridgehead atoms. The summed E-state index contributed by atoms with van der Waals surface area (Å²) in [6, 6.07) is 20.4. The van der Waals surface area contributed by atoms with Gasteiger partial charge in [0.25, 0.3) is 14.1 Å². The summed E-state index contributed by atoms with van der Waals surface area (Å²) in [5.41, 5.74) is 2.49. The first-order valence-corrected chi connectivity index (χ1v) is 21.3. The van der Waals surface area contributed by atoms with Gasteiger partial charge in [-0.2, -0.15) is 5.26 Å². The molecule has 59 heavy (non-hydrogen) atoms. The predicted molar refractivity (Wildman–Crippen MR) is 224 cm³/mol. The van der Waals surface area contributed by atoms with E-state index in [1.807, 2.05) is 56.3 Å². The number of carbonyl (C=O) groups is 2. The third kappa shape index (κ3) is 12.8. The van der Waals surface area contributed by atoms with E-state index < -0.39 is 44.7 Å². The number of fused-ring (bicyclic) bond motifs is 1. The number of nitrogens with one attached hydrogen (secondary N) is 3. The van der Waals surface area contributed by atoms with Crippen molar-refractivity contribution >= 4 is 31.9 Å². The molecule has 2 aromatic heterocycles. The lowest BCUT2D eigenvalue weighted by Crippen LogP contribution is -2.37. The average molecular weight is 833 g/mol. The van der Waals surface area contributed by atoms with Crippen LogP contribution in [0.15, 0.2) is 72.0 Å². The Bertz CT molecular complexity index is 2030. The van der Waals surface area contributed by atoms with Crippen molar-refractivity contribution in [3.05, 3.63) is 83.2 Å². The fourth-order valence-electron chi connectivity index (χ4n) is 6.83. The SMILES string of the molecule is CC(C)N(C(C)C)P(OCCC#N)OC1CC(n2cnc3c(=O)[nH]cnc32)OC1COC(=O)NCCCCCCNC(=O)OC(C)(C)c1ccc(-c2ccccc2)cc1. The minimum Gasteiger partial charge on any atom is -0.447 e. The normalized spacial score (nSPS) is 17.3. The fraction of sp³-hybridized carbons (Fsp3) is 0.524. The molecule has 0 saturated carbocycles. The van der Waals surface area contributed by atoms with Crippen LogP contribution < -0.4 is 16.2 Å². The first-order chi connectivity index (χ1) is 28.4. The Morgan fingerprint density at radius 2 is 1.64 bits per heavy atom. The van der Waals surface area contributed by atoms with E-state index in [1.165, 1.54) is 12.7 Å². The van der Waals surface area contributed by atoms with Crippen LogP contribution >= 0.6 is 8.53 Å². The molecule has 1 aliphatic rings. The molecule has 3 heterocycles. The number of unbranched alkanes of at least 4 members (excludes halogenated alkanes) is 3. The molecular weight excluding hydrogens is 775 g/mol. The maximum Gasteiger partial charge on any atom is 0.408 e. The number of hydrogen-bond donors (Lipinski definition) is 3. The van der Waals surface area contributed by atoms with Crippen LogP contribution in [0.5, 0.6) is 0 Å². The van der Waals surface area contributed by atoms with Crippen LogP contribution in [0.1, 0.15) is 91.9 Å². The summed E-state index contributed by atoms with van der Waals surface area (Å²) in [4.78, 5) is 48.8. The number of nitriles is 1. The molecule has 17 heteroatoms. The Morgan fingerprint density at radius 3 is 2.31 bits per heavy atom. The van der Waals surface area contributed by atoms with Crippen molar-refractivity contribution in [3.63, 3.8) is 0 Å². The number of aromatic nitrogens is 4. The van der Waals surface area contributed by atoms with E-state index >= 15 is 0 Å². The van der Waals surface area contributed by atoms with Crippen molar-refractivity contribution < 1.29 is 32.8 Å². The third-order valence-corrected chi connectivity index (χ3v) is 12.0. The second-order valence-electron chi connectivity index (χ2n) is 15.3. The number of rotatable bonds is 21. The average Bonchev–Trinajstić information content (AvgIpc) is 3.83. The maximum atomic E-state index is 12.8. The monoisotopic (exact) mass is 832 g/mol. The molecule has 2 amide bonds. The Kier molecular flexibility index (Phi) is 16.8. The minimum atomic E-state index is -1.62. The van der Waals surface area contributed by atoms with Crippen molar-refractivity contribution in [2.45, 2.75) is 116 Å². The molecule has 5 rings (SSSR count). The highest BCUT2D eigenvalue weighted by Crippen LogP contribution is 2.50. The van der Waals surface area contributed by atoms with E-state index in [0.717, 1.165) is 42.4 Å². The topological polar surface area (TPSA) is 195 Å². The zero-order valence-corrected chi connectivity index (χ0v) is 35.7. The van der Waals surface area contributed by atoms with Crippen LogP contribution in [0, 0.1) is 11.3 Å². The highest BCUT2D eigenvalue weighted by molar-refractivity contribution is 7.44. The predicted octanol–water partition coefficient (Wildman–Crippen LogP) is 7.68. The number of amides is 2. The summed E-state index contributed by atoms with van der Waals surface area (Å²) in [7, 11) is -1.62. The highest BCUT2D eigenvalue weighted by atomic mass is 31.2. The quantitative estimate of drug-likeness (QED) is 0.0548. The zero-order chi connectivity index (χ0) is 42.4.